The monoisotopic (exact) mass is 396 g/mol. The molecule has 8 radical (unpaired) electrons. The second kappa shape index (κ2) is 6.76. The SMILES string of the molecule is [B]C([B])(Oc1cc(C(F)(F)F)c2c(c1)ncn2C1CC(C)(O)C1)C([B])([B])C(C)C. The van der Waals surface area contributed by atoms with Gasteiger partial charge in [0.25, 0.3) is 0 Å². The first-order valence-electron chi connectivity index (χ1n) is 9.20. The van der Waals surface area contributed by atoms with Crippen LogP contribution in [0.1, 0.15) is 45.2 Å². The van der Waals surface area contributed by atoms with Crippen LogP contribution in [0.5, 0.6) is 5.75 Å². The minimum absolute atomic E-state index is 0.0568. The van der Waals surface area contributed by atoms with Crippen LogP contribution in [-0.2, 0) is 6.18 Å². The van der Waals surface area contributed by atoms with Gasteiger partial charge in [-0.15, -0.1) is 0 Å². The molecule has 3 rings (SSSR count). The summed E-state index contributed by atoms with van der Waals surface area (Å²) < 4.78 is 48.4. The molecule has 0 unspecified atom stereocenters. The molecule has 29 heavy (non-hydrogen) atoms. The molecular weight excluding hydrogens is 376 g/mol. The lowest BCUT2D eigenvalue weighted by Gasteiger charge is -2.47. The fourth-order valence-corrected chi connectivity index (χ4v) is 3.58. The lowest BCUT2D eigenvalue weighted by Crippen LogP contribution is -2.52. The largest absolute Gasteiger partial charge is 0.508 e. The van der Waals surface area contributed by atoms with Crippen molar-refractivity contribution in [2.24, 2.45) is 5.92 Å². The Balaban J connectivity index is 2.06. The van der Waals surface area contributed by atoms with Crippen molar-refractivity contribution < 1.29 is 23.0 Å². The van der Waals surface area contributed by atoms with Gasteiger partial charge in [0.05, 0.1) is 44.2 Å². The van der Waals surface area contributed by atoms with Crippen LogP contribution in [0, 0.1) is 5.92 Å². The van der Waals surface area contributed by atoms with E-state index in [0.29, 0.717) is 12.8 Å². The van der Waals surface area contributed by atoms with Crippen molar-refractivity contribution in [3.8, 4) is 5.75 Å². The molecule has 1 aromatic carbocycles. The lowest BCUT2D eigenvalue weighted by atomic mass is 9.32. The number of hydrogen-bond donors (Lipinski definition) is 1. The zero-order valence-corrected chi connectivity index (χ0v) is 16.5. The van der Waals surface area contributed by atoms with Crippen LogP contribution in [0.15, 0.2) is 18.5 Å². The lowest BCUT2D eigenvalue weighted by molar-refractivity contribution is -0.136. The smallest absolute Gasteiger partial charge is 0.418 e. The van der Waals surface area contributed by atoms with Crippen molar-refractivity contribution in [1.29, 1.82) is 0 Å². The molecule has 0 atom stereocenters. The number of halogens is 3. The average molecular weight is 396 g/mol. The highest BCUT2D eigenvalue weighted by molar-refractivity contribution is 6.53. The number of rotatable bonds is 5. The van der Waals surface area contributed by atoms with E-state index in [1.54, 1.807) is 20.8 Å². The maximum atomic E-state index is 13.8. The molecule has 4 nitrogen and oxygen atoms in total. The minimum atomic E-state index is -4.69. The summed E-state index contributed by atoms with van der Waals surface area (Å²) >= 11 is 0. The van der Waals surface area contributed by atoms with Gasteiger partial charge in [-0.05, 0) is 25.8 Å². The van der Waals surface area contributed by atoms with Gasteiger partial charge in [-0.3, -0.25) is 0 Å². The normalized spacial score (nSPS) is 23.4. The van der Waals surface area contributed by atoms with Gasteiger partial charge in [0.2, 0.25) is 0 Å². The molecule has 11 heteroatoms. The maximum Gasteiger partial charge on any atom is 0.418 e. The van der Waals surface area contributed by atoms with Crippen molar-refractivity contribution in [1.82, 2.24) is 9.55 Å². The van der Waals surface area contributed by atoms with E-state index in [2.05, 4.69) is 4.98 Å². The Morgan fingerprint density at radius 1 is 1.21 bits per heavy atom. The molecule has 1 aliphatic carbocycles. The van der Waals surface area contributed by atoms with Gasteiger partial charge >= 0.3 is 6.18 Å². The van der Waals surface area contributed by atoms with E-state index in [0.717, 1.165) is 6.07 Å². The van der Waals surface area contributed by atoms with Gasteiger partial charge in [0.1, 0.15) is 21.4 Å². The molecule has 1 heterocycles. The second-order valence-corrected chi connectivity index (χ2v) is 8.53. The zero-order chi connectivity index (χ0) is 22.0. The highest BCUT2D eigenvalue weighted by Gasteiger charge is 2.43. The molecular formula is C18H19B4F3N2O2. The molecule has 2 aromatic rings. The number of nitrogens with zero attached hydrogens (tertiary/aromatic N) is 2. The fraction of sp³-hybridized carbons (Fsp3) is 0.611. The van der Waals surface area contributed by atoms with E-state index < -0.39 is 33.9 Å². The Labute approximate surface area is 173 Å². The van der Waals surface area contributed by atoms with E-state index in [4.69, 9.17) is 36.1 Å². The predicted molar refractivity (Wildman–Crippen MR) is 108 cm³/mol. The first kappa shape index (κ1) is 22.2. The van der Waals surface area contributed by atoms with Crippen molar-refractivity contribution in [2.45, 2.75) is 62.0 Å². The molecule has 1 fully saturated rings. The highest BCUT2D eigenvalue weighted by Crippen LogP contribution is 2.46. The fourth-order valence-electron chi connectivity index (χ4n) is 3.58. The summed E-state index contributed by atoms with van der Waals surface area (Å²) in [6.45, 7) is 4.97. The van der Waals surface area contributed by atoms with E-state index >= 15 is 0 Å². The Morgan fingerprint density at radius 3 is 2.28 bits per heavy atom. The van der Waals surface area contributed by atoms with Crippen molar-refractivity contribution in [3.05, 3.63) is 24.0 Å². The number of imidazole rings is 1. The summed E-state index contributed by atoms with van der Waals surface area (Å²) in [7, 11) is 23.7. The van der Waals surface area contributed by atoms with Crippen LogP contribution in [0.25, 0.3) is 11.0 Å². The standard InChI is InChI=1S/C18H19B4F3N2O2/c1-9(2)16(19,20)18(21,22)29-11-4-12(17(23,24)25)14-13(5-11)26-8-27(14)10-6-15(3,28)7-10/h4-5,8-10,28H,6-7H2,1-3H3. The van der Waals surface area contributed by atoms with Crippen LogP contribution in [-0.4, -0.2) is 57.0 Å². The predicted octanol–water partition coefficient (Wildman–Crippen LogP) is 2.62. The summed E-state index contributed by atoms with van der Waals surface area (Å²) in [6, 6.07) is 1.83. The van der Waals surface area contributed by atoms with Crippen LogP contribution in [0.3, 0.4) is 0 Å². The number of aliphatic hydroxyl groups is 1. The van der Waals surface area contributed by atoms with Crippen LogP contribution in [0.4, 0.5) is 13.2 Å². The third-order valence-corrected chi connectivity index (χ3v) is 5.61. The average Bonchev–Trinajstić information content (AvgIpc) is 2.93. The van der Waals surface area contributed by atoms with E-state index in [-0.39, 0.29) is 22.8 Å². The van der Waals surface area contributed by atoms with Gasteiger partial charge < -0.3 is 14.4 Å². The van der Waals surface area contributed by atoms with Gasteiger partial charge in [-0.2, -0.15) is 13.2 Å². The molecule has 1 saturated carbocycles. The van der Waals surface area contributed by atoms with E-state index in [1.165, 1.54) is 17.0 Å². The van der Waals surface area contributed by atoms with Crippen LogP contribution in [0.2, 0.25) is 5.21 Å². The van der Waals surface area contributed by atoms with Gasteiger partial charge in [-0.1, -0.05) is 25.0 Å². The Hall–Kier alpha value is -1.50. The Bertz CT molecular complexity index is 918. The molecule has 1 aromatic heterocycles. The van der Waals surface area contributed by atoms with Crippen molar-refractivity contribution in [3.63, 3.8) is 0 Å². The number of fused-ring (bicyclic) bond motifs is 1. The summed E-state index contributed by atoms with van der Waals surface area (Å²) in [5.41, 5.74) is -1.89. The summed E-state index contributed by atoms with van der Waals surface area (Å²) in [4.78, 5) is 4.09. The summed E-state index contributed by atoms with van der Waals surface area (Å²) in [6.07, 6.45) is -2.69. The first-order valence-corrected chi connectivity index (χ1v) is 9.20. The molecule has 1 aliphatic rings. The number of aromatic nitrogens is 2. The maximum absolute atomic E-state index is 13.8. The van der Waals surface area contributed by atoms with Gasteiger partial charge in [-0.25, -0.2) is 4.98 Å². The Kier molecular flexibility index (Phi) is 5.17. The molecule has 0 saturated heterocycles. The van der Waals surface area contributed by atoms with Crippen LogP contribution < -0.4 is 4.74 Å². The summed E-state index contributed by atoms with van der Waals surface area (Å²) in [5.74, 6) is -0.671. The highest BCUT2D eigenvalue weighted by atomic mass is 19.4. The van der Waals surface area contributed by atoms with Gasteiger partial charge in [0.15, 0.2) is 0 Å². The van der Waals surface area contributed by atoms with Crippen molar-refractivity contribution in [2.75, 3.05) is 0 Å². The van der Waals surface area contributed by atoms with E-state index in [1.807, 2.05) is 0 Å². The number of ether oxygens (including phenoxy) is 1. The second-order valence-electron chi connectivity index (χ2n) is 8.53. The molecule has 0 bridgehead atoms. The third kappa shape index (κ3) is 3.94. The molecule has 0 amide bonds. The molecule has 0 aliphatic heterocycles. The minimum Gasteiger partial charge on any atom is -0.508 e. The quantitative estimate of drug-likeness (QED) is 0.792. The Morgan fingerprint density at radius 2 is 1.79 bits per heavy atom. The van der Waals surface area contributed by atoms with Crippen molar-refractivity contribution >= 4 is 42.4 Å². The summed E-state index contributed by atoms with van der Waals surface area (Å²) in [5, 5.41) is 6.11. The first-order chi connectivity index (χ1) is 13.1. The van der Waals surface area contributed by atoms with Gasteiger partial charge in [0, 0.05) is 17.5 Å². The number of alkyl halides is 3. The third-order valence-electron chi connectivity index (χ3n) is 5.61. The number of benzene rings is 1. The topological polar surface area (TPSA) is 47.3 Å². The zero-order valence-electron chi connectivity index (χ0n) is 16.5. The molecule has 146 valence electrons. The molecule has 1 N–H and O–H groups in total. The molecule has 0 spiro atoms. The van der Waals surface area contributed by atoms with Crippen LogP contribution >= 0.6 is 0 Å². The van der Waals surface area contributed by atoms with E-state index in [9.17, 15) is 18.3 Å². The number of hydrogen-bond acceptors (Lipinski definition) is 3.